The lowest BCUT2D eigenvalue weighted by atomic mass is 9.86. The van der Waals surface area contributed by atoms with Gasteiger partial charge in [-0.2, -0.15) is 0 Å². The zero-order chi connectivity index (χ0) is 16.2. The Morgan fingerprint density at radius 3 is 2.48 bits per heavy atom. The normalized spacial score (nSPS) is 21.3. The fourth-order valence-corrected chi connectivity index (χ4v) is 3.56. The molecule has 0 aromatic heterocycles. The van der Waals surface area contributed by atoms with Crippen molar-refractivity contribution in [1.82, 2.24) is 4.90 Å². The van der Waals surface area contributed by atoms with Gasteiger partial charge in [0.1, 0.15) is 0 Å². The molecule has 2 aromatic carbocycles. The summed E-state index contributed by atoms with van der Waals surface area (Å²) >= 11 is 0. The summed E-state index contributed by atoms with van der Waals surface area (Å²) in [7, 11) is 1.48. The van der Waals surface area contributed by atoms with Crippen molar-refractivity contribution in [2.75, 3.05) is 20.2 Å². The summed E-state index contributed by atoms with van der Waals surface area (Å²) in [6.45, 7) is 4.63. The molecule has 3 heteroatoms. The number of esters is 1. The first-order valence-corrected chi connectivity index (χ1v) is 8.08. The first kappa shape index (κ1) is 15.8. The minimum absolute atomic E-state index is 0.0928. The van der Waals surface area contributed by atoms with Gasteiger partial charge in [-0.15, -0.1) is 0 Å². The molecule has 3 rings (SSSR count). The number of aryl methyl sites for hydroxylation is 1. The number of ether oxygens (including phenoxy) is 1. The van der Waals surface area contributed by atoms with Gasteiger partial charge in [0.2, 0.25) is 0 Å². The van der Waals surface area contributed by atoms with Crippen molar-refractivity contribution in [3.63, 3.8) is 0 Å². The van der Waals surface area contributed by atoms with Gasteiger partial charge in [0.25, 0.3) is 0 Å². The van der Waals surface area contributed by atoms with Crippen LogP contribution >= 0.6 is 0 Å². The summed E-state index contributed by atoms with van der Waals surface area (Å²) < 4.78 is 5.06. The molecular weight excluding hydrogens is 286 g/mol. The van der Waals surface area contributed by atoms with Crippen LogP contribution in [0.5, 0.6) is 0 Å². The Labute approximate surface area is 137 Å². The van der Waals surface area contributed by atoms with Gasteiger partial charge in [-0.3, -0.25) is 9.69 Å². The van der Waals surface area contributed by atoms with Crippen LogP contribution < -0.4 is 0 Å². The minimum Gasteiger partial charge on any atom is -0.469 e. The van der Waals surface area contributed by atoms with Crippen LogP contribution in [0.1, 0.15) is 22.6 Å². The number of methoxy groups -OCH3 is 1. The summed E-state index contributed by atoms with van der Waals surface area (Å²) in [5, 5.41) is 0. The second-order valence-corrected chi connectivity index (χ2v) is 6.27. The van der Waals surface area contributed by atoms with Gasteiger partial charge in [0.15, 0.2) is 0 Å². The van der Waals surface area contributed by atoms with E-state index in [0.717, 1.165) is 19.6 Å². The second kappa shape index (κ2) is 6.97. The number of nitrogens with zero attached hydrogens (tertiary/aromatic N) is 1. The number of hydrogen-bond donors (Lipinski definition) is 0. The number of rotatable bonds is 4. The van der Waals surface area contributed by atoms with Gasteiger partial charge in [-0.25, -0.2) is 0 Å². The van der Waals surface area contributed by atoms with E-state index in [-0.39, 0.29) is 17.8 Å². The summed E-state index contributed by atoms with van der Waals surface area (Å²) in [4.78, 5) is 14.6. The van der Waals surface area contributed by atoms with E-state index in [2.05, 4.69) is 54.3 Å². The molecule has 1 fully saturated rings. The molecule has 1 saturated heterocycles. The third-order valence-electron chi connectivity index (χ3n) is 4.74. The van der Waals surface area contributed by atoms with Crippen LogP contribution in [0.2, 0.25) is 0 Å². The SMILES string of the molecule is COC(=O)C1CN(Cc2ccccc2)CC1c1ccccc1C. The average Bonchev–Trinajstić information content (AvgIpc) is 2.99. The van der Waals surface area contributed by atoms with Gasteiger partial charge in [-0.05, 0) is 23.6 Å². The maximum Gasteiger partial charge on any atom is 0.310 e. The van der Waals surface area contributed by atoms with Crippen molar-refractivity contribution in [3.05, 3.63) is 71.3 Å². The van der Waals surface area contributed by atoms with Crippen LogP contribution in [-0.2, 0) is 16.1 Å². The number of likely N-dealkylation sites (tertiary alicyclic amines) is 1. The Hall–Kier alpha value is -2.13. The maximum atomic E-state index is 12.3. The highest BCUT2D eigenvalue weighted by Gasteiger charge is 2.39. The van der Waals surface area contributed by atoms with Crippen LogP contribution in [0.15, 0.2) is 54.6 Å². The van der Waals surface area contributed by atoms with E-state index in [0.29, 0.717) is 0 Å². The summed E-state index contributed by atoms with van der Waals surface area (Å²) in [5.41, 5.74) is 3.79. The van der Waals surface area contributed by atoms with Crippen molar-refractivity contribution < 1.29 is 9.53 Å². The Morgan fingerprint density at radius 1 is 1.09 bits per heavy atom. The molecule has 2 atom stereocenters. The van der Waals surface area contributed by atoms with E-state index in [4.69, 9.17) is 4.74 Å². The van der Waals surface area contributed by atoms with E-state index in [1.165, 1.54) is 23.8 Å². The standard InChI is InChI=1S/C20H23NO2/c1-15-8-6-7-11-17(15)18-13-21(14-19(18)20(22)23-2)12-16-9-4-3-5-10-16/h3-11,18-19H,12-14H2,1-2H3. The highest BCUT2D eigenvalue weighted by atomic mass is 16.5. The molecule has 0 spiro atoms. The molecule has 1 heterocycles. The number of carbonyl (C=O) groups excluding carboxylic acids is 1. The van der Waals surface area contributed by atoms with Gasteiger partial charge >= 0.3 is 5.97 Å². The van der Waals surface area contributed by atoms with Crippen molar-refractivity contribution >= 4 is 5.97 Å². The zero-order valence-electron chi connectivity index (χ0n) is 13.7. The molecule has 0 radical (unpaired) electrons. The van der Waals surface area contributed by atoms with Crippen molar-refractivity contribution in [2.24, 2.45) is 5.92 Å². The van der Waals surface area contributed by atoms with Gasteiger partial charge in [0.05, 0.1) is 13.0 Å². The zero-order valence-corrected chi connectivity index (χ0v) is 13.7. The fourth-order valence-electron chi connectivity index (χ4n) is 3.56. The molecule has 120 valence electrons. The molecule has 3 nitrogen and oxygen atoms in total. The Kier molecular flexibility index (Phi) is 4.77. The Bertz CT molecular complexity index is 668. The molecule has 2 aromatic rings. The lowest BCUT2D eigenvalue weighted by molar-refractivity contribution is -0.145. The molecule has 2 unspecified atom stereocenters. The molecule has 23 heavy (non-hydrogen) atoms. The summed E-state index contributed by atoms with van der Waals surface area (Å²) in [6.07, 6.45) is 0. The molecule has 1 aliphatic heterocycles. The molecule has 0 amide bonds. The molecule has 0 saturated carbocycles. The minimum atomic E-state index is -0.103. The van der Waals surface area contributed by atoms with Crippen LogP contribution in [-0.4, -0.2) is 31.1 Å². The third-order valence-corrected chi connectivity index (χ3v) is 4.74. The maximum absolute atomic E-state index is 12.3. The van der Waals surface area contributed by atoms with Crippen LogP contribution in [0.3, 0.4) is 0 Å². The molecule has 0 bridgehead atoms. The van der Waals surface area contributed by atoms with Gasteiger partial charge < -0.3 is 4.74 Å². The molecule has 0 N–H and O–H groups in total. The first-order valence-electron chi connectivity index (χ1n) is 8.08. The lowest BCUT2D eigenvalue weighted by Crippen LogP contribution is -2.24. The predicted octanol–water partition coefficient (Wildman–Crippen LogP) is 3.38. The van der Waals surface area contributed by atoms with E-state index in [1.54, 1.807) is 0 Å². The van der Waals surface area contributed by atoms with Gasteiger partial charge in [-0.1, -0.05) is 54.6 Å². The topological polar surface area (TPSA) is 29.5 Å². The number of carbonyl (C=O) groups is 1. The average molecular weight is 309 g/mol. The Balaban J connectivity index is 1.82. The third kappa shape index (κ3) is 3.45. The predicted molar refractivity (Wildman–Crippen MR) is 91.1 cm³/mol. The monoisotopic (exact) mass is 309 g/mol. The van der Waals surface area contributed by atoms with E-state index in [9.17, 15) is 4.79 Å². The van der Waals surface area contributed by atoms with E-state index in [1.807, 2.05) is 12.1 Å². The van der Waals surface area contributed by atoms with Crippen LogP contribution in [0.25, 0.3) is 0 Å². The highest BCUT2D eigenvalue weighted by molar-refractivity contribution is 5.74. The van der Waals surface area contributed by atoms with Crippen LogP contribution in [0.4, 0.5) is 0 Å². The number of benzene rings is 2. The van der Waals surface area contributed by atoms with E-state index < -0.39 is 0 Å². The Morgan fingerprint density at radius 2 is 1.78 bits per heavy atom. The molecule has 1 aliphatic rings. The highest BCUT2D eigenvalue weighted by Crippen LogP contribution is 2.35. The largest absolute Gasteiger partial charge is 0.469 e. The second-order valence-electron chi connectivity index (χ2n) is 6.27. The number of hydrogen-bond acceptors (Lipinski definition) is 3. The summed E-state index contributed by atoms with van der Waals surface area (Å²) in [5.74, 6) is 0.00555. The lowest BCUT2D eigenvalue weighted by Gasteiger charge is -2.18. The van der Waals surface area contributed by atoms with Gasteiger partial charge in [0, 0.05) is 25.6 Å². The first-order chi connectivity index (χ1) is 11.2. The van der Waals surface area contributed by atoms with Crippen molar-refractivity contribution in [3.8, 4) is 0 Å². The quantitative estimate of drug-likeness (QED) is 0.811. The van der Waals surface area contributed by atoms with Crippen molar-refractivity contribution in [2.45, 2.75) is 19.4 Å². The van der Waals surface area contributed by atoms with Crippen molar-refractivity contribution in [1.29, 1.82) is 0 Å². The smallest absolute Gasteiger partial charge is 0.310 e. The van der Waals surface area contributed by atoms with E-state index >= 15 is 0 Å². The van der Waals surface area contributed by atoms with Crippen LogP contribution in [0, 0.1) is 12.8 Å². The molecule has 0 aliphatic carbocycles. The molecular formula is C20H23NO2. The fraction of sp³-hybridized carbons (Fsp3) is 0.350. The summed E-state index contributed by atoms with van der Waals surface area (Å²) in [6, 6.07) is 18.8.